The van der Waals surface area contributed by atoms with Crippen LogP contribution in [0.25, 0.3) is 10.8 Å². The first-order valence-corrected chi connectivity index (χ1v) is 10.2. The minimum absolute atomic E-state index is 0.134. The standard InChI is InChI=1S/C25H31BNO2/c1-17-14-15-19-10-7-8-13-22(19)23(17)27-18(2)20-11-9-12-21(16-20)26-29-25(5,6)24(3,4)28/h7-16,18,27-28H,1-6H3. The average molecular weight is 388 g/mol. The Balaban J connectivity index is 1.79. The van der Waals surface area contributed by atoms with Crippen molar-refractivity contribution in [2.75, 3.05) is 5.32 Å². The van der Waals surface area contributed by atoms with Crippen LogP contribution >= 0.6 is 0 Å². The van der Waals surface area contributed by atoms with E-state index in [1.807, 2.05) is 26.0 Å². The Hall–Kier alpha value is -2.30. The van der Waals surface area contributed by atoms with Gasteiger partial charge in [-0.1, -0.05) is 66.1 Å². The van der Waals surface area contributed by atoms with Crippen molar-refractivity contribution in [3.63, 3.8) is 0 Å². The number of hydrogen-bond donors (Lipinski definition) is 2. The van der Waals surface area contributed by atoms with Gasteiger partial charge in [-0.05, 0) is 58.1 Å². The molecule has 3 nitrogen and oxygen atoms in total. The smallest absolute Gasteiger partial charge is 0.330 e. The number of nitrogens with one attached hydrogen (secondary N) is 1. The summed E-state index contributed by atoms with van der Waals surface area (Å²) in [6.45, 7) is 11.6. The van der Waals surface area contributed by atoms with Gasteiger partial charge in [0.15, 0.2) is 0 Å². The SMILES string of the molecule is Cc1ccc2ccccc2c1NC(C)c1cccc([B]OC(C)(C)C(C)(C)O)c1. The zero-order valence-electron chi connectivity index (χ0n) is 18.3. The van der Waals surface area contributed by atoms with E-state index >= 15 is 0 Å². The number of rotatable bonds is 7. The Morgan fingerprint density at radius 1 is 0.966 bits per heavy atom. The highest BCUT2D eigenvalue weighted by Gasteiger charge is 2.35. The third-order valence-corrected chi connectivity index (χ3v) is 5.87. The summed E-state index contributed by atoms with van der Waals surface area (Å²) >= 11 is 0. The van der Waals surface area contributed by atoms with E-state index in [-0.39, 0.29) is 6.04 Å². The van der Waals surface area contributed by atoms with Crippen LogP contribution in [0.1, 0.15) is 51.8 Å². The van der Waals surface area contributed by atoms with Crippen molar-refractivity contribution in [3.05, 3.63) is 71.8 Å². The molecule has 0 aliphatic rings. The molecule has 0 saturated carbocycles. The van der Waals surface area contributed by atoms with Crippen LogP contribution in [0.3, 0.4) is 0 Å². The van der Waals surface area contributed by atoms with Crippen LogP contribution in [0.2, 0.25) is 0 Å². The van der Waals surface area contributed by atoms with Crippen molar-refractivity contribution in [1.82, 2.24) is 0 Å². The van der Waals surface area contributed by atoms with Crippen molar-refractivity contribution >= 4 is 29.4 Å². The molecule has 0 aliphatic heterocycles. The lowest BCUT2D eigenvalue weighted by atomic mass is 9.81. The normalized spacial score (nSPS) is 13.3. The van der Waals surface area contributed by atoms with Gasteiger partial charge in [0.25, 0.3) is 0 Å². The molecule has 0 aromatic heterocycles. The van der Waals surface area contributed by atoms with Crippen LogP contribution in [0.15, 0.2) is 60.7 Å². The van der Waals surface area contributed by atoms with Crippen molar-refractivity contribution in [2.24, 2.45) is 0 Å². The maximum Gasteiger partial charge on any atom is 0.330 e. The molecule has 1 unspecified atom stereocenters. The number of anilines is 1. The van der Waals surface area contributed by atoms with Crippen LogP contribution < -0.4 is 10.8 Å². The van der Waals surface area contributed by atoms with Crippen molar-refractivity contribution < 1.29 is 9.76 Å². The van der Waals surface area contributed by atoms with E-state index in [0.29, 0.717) is 0 Å². The van der Waals surface area contributed by atoms with Gasteiger partial charge < -0.3 is 15.1 Å². The molecule has 0 fully saturated rings. The monoisotopic (exact) mass is 388 g/mol. The van der Waals surface area contributed by atoms with Gasteiger partial charge in [-0.15, -0.1) is 0 Å². The predicted molar refractivity (Wildman–Crippen MR) is 124 cm³/mol. The maximum atomic E-state index is 10.3. The van der Waals surface area contributed by atoms with E-state index in [1.54, 1.807) is 21.3 Å². The lowest BCUT2D eigenvalue weighted by molar-refractivity contribution is -0.0893. The molecule has 3 aromatic rings. The summed E-state index contributed by atoms with van der Waals surface area (Å²) in [5.74, 6) is 0. The van der Waals surface area contributed by atoms with Gasteiger partial charge in [0.1, 0.15) is 0 Å². The number of aryl methyl sites for hydroxylation is 1. The second-order valence-corrected chi connectivity index (χ2v) is 8.82. The molecule has 3 rings (SSSR count). The molecule has 4 heteroatoms. The second kappa shape index (κ2) is 8.21. The second-order valence-electron chi connectivity index (χ2n) is 8.82. The summed E-state index contributed by atoms with van der Waals surface area (Å²) in [6.07, 6.45) is 0. The maximum absolute atomic E-state index is 10.3. The quantitative estimate of drug-likeness (QED) is 0.551. The zero-order chi connectivity index (χ0) is 21.2. The molecular formula is C25H31BNO2. The predicted octanol–water partition coefficient (Wildman–Crippen LogP) is 5.13. The number of fused-ring (bicyclic) bond motifs is 1. The Morgan fingerprint density at radius 2 is 1.69 bits per heavy atom. The summed E-state index contributed by atoms with van der Waals surface area (Å²) in [4.78, 5) is 0. The van der Waals surface area contributed by atoms with Gasteiger partial charge in [0.05, 0.1) is 11.2 Å². The number of aliphatic hydroxyl groups is 1. The minimum Gasteiger partial charge on any atom is -0.427 e. The molecule has 29 heavy (non-hydrogen) atoms. The Morgan fingerprint density at radius 3 is 2.41 bits per heavy atom. The van der Waals surface area contributed by atoms with Crippen molar-refractivity contribution in [3.8, 4) is 0 Å². The Labute approximate surface area is 175 Å². The van der Waals surface area contributed by atoms with Crippen LogP contribution in [-0.4, -0.2) is 23.8 Å². The van der Waals surface area contributed by atoms with Gasteiger partial charge in [0, 0.05) is 17.1 Å². The molecule has 0 amide bonds. The average Bonchev–Trinajstić information content (AvgIpc) is 2.68. The highest BCUT2D eigenvalue weighted by molar-refractivity contribution is 6.47. The molecule has 0 saturated heterocycles. The van der Waals surface area contributed by atoms with Gasteiger partial charge in [0.2, 0.25) is 0 Å². The fraction of sp³-hybridized carbons (Fsp3) is 0.360. The van der Waals surface area contributed by atoms with E-state index in [9.17, 15) is 5.11 Å². The largest absolute Gasteiger partial charge is 0.427 e. The molecule has 0 aliphatic carbocycles. The summed E-state index contributed by atoms with van der Waals surface area (Å²) in [5, 5.41) is 16.5. The fourth-order valence-corrected chi connectivity index (χ4v) is 3.13. The number of benzene rings is 3. The lowest BCUT2D eigenvalue weighted by Gasteiger charge is -2.37. The summed E-state index contributed by atoms with van der Waals surface area (Å²) in [6, 6.07) is 21.2. The van der Waals surface area contributed by atoms with Crippen LogP contribution in [-0.2, 0) is 4.65 Å². The molecule has 1 radical (unpaired) electrons. The first kappa shape index (κ1) is 21.4. The van der Waals surface area contributed by atoms with E-state index in [0.717, 1.165) is 5.46 Å². The van der Waals surface area contributed by atoms with Gasteiger partial charge in [-0.2, -0.15) is 0 Å². The van der Waals surface area contributed by atoms with Crippen molar-refractivity contribution in [1.29, 1.82) is 0 Å². The van der Waals surface area contributed by atoms with E-state index in [4.69, 9.17) is 4.65 Å². The fourth-order valence-electron chi connectivity index (χ4n) is 3.13. The molecule has 0 bridgehead atoms. The molecule has 151 valence electrons. The van der Waals surface area contributed by atoms with Gasteiger partial charge >= 0.3 is 7.48 Å². The molecular weight excluding hydrogens is 357 g/mol. The van der Waals surface area contributed by atoms with Gasteiger partial charge in [-0.25, -0.2) is 0 Å². The van der Waals surface area contributed by atoms with Crippen LogP contribution in [0.4, 0.5) is 5.69 Å². The lowest BCUT2D eigenvalue weighted by Crippen LogP contribution is -2.49. The molecule has 2 N–H and O–H groups in total. The minimum atomic E-state index is -0.943. The Kier molecular flexibility index (Phi) is 6.07. The van der Waals surface area contributed by atoms with Gasteiger partial charge in [-0.3, -0.25) is 0 Å². The molecule has 0 heterocycles. The molecule has 0 spiro atoms. The van der Waals surface area contributed by atoms with E-state index in [2.05, 4.69) is 67.7 Å². The zero-order valence-corrected chi connectivity index (χ0v) is 18.3. The summed E-state index contributed by atoms with van der Waals surface area (Å²) in [7, 11) is 1.73. The first-order valence-electron chi connectivity index (χ1n) is 10.2. The molecule has 3 aromatic carbocycles. The van der Waals surface area contributed by atoms with E-state index in [1.165, 1.54) is 27.6 Å². The summed E-state index contributed by atoms with van der Waals surface area (Å²) < 4.78 is 5.91. The summed E-state index contributed by atoms with van der Waals surface area (Å²) in [5.41, 5.74) is 2.92. The van der Waals surface area contributed by atoms with Crippen LogP contribution in [0.5, 0.6) is 0 Å². The first-order chi connectivity index (χ1) is 13.6. The molecule has 1 atom stereocenters. The third kappa shape index (κ3) is 4.83. The highest BCUT2D eigenvalue weighted by Crippen LogP contribution is 2.30. The third-order valence-electron chi connectivity index (χ3n) is 5.87. The van der Waals surface area contributed by atoms with Crippen molar-refractivity contribution in [2.45, 2.75) is 58.8 Å². The van der Waals surface area contributed by atoms with E-state index < -0.39 is 11.2 Å². The highest BCUT2D eigenvalue weighted by atomic mass is 16.5. The Bertz CT molecular complexity index is 992. The topological polar surface area (TPSA) is 41.5 Å². The number of hydrogen-bond acceptors (Lipinski definition) is 3. The van der Waals surface area contributed by atoms with Crippen LogP contribution in [0, 0.1) is 6.92 Å².